The molecule has 0 unspecified atom stereocenters. The van der Waals surface area contributed by atoms with Gasteiger partial charge in [0.2, 0.25) is 0 Å². The van der Waals surface area contributed by atoms with Crippen LogP contribution in [-0.4, -0.2) is 32.2 Å². The number of aromatic nitrogens is 3. The van der Waals surface area contributed by atoms with Crippen molar-refractivity contribution < 1.29 is 23.4 Å². The summed E-state index contributed by atoms with van der Waals surface area (Å²) in [5.41, 5.74) is 1.05. The van der Waals surface area contributed by atoms with Crippen molar-refractivity contribution in [3.05, 3.63) is 93.6 Å². The molecule has 0 amide bonds. The van der Waals surface area contributed by atoms with Crippen molar-refractivity contribution in [2.45, 2.75) is 13.5 Å². The van der Waals surface area contributed by atoms with Gasteiger partial charge in [0.15, 0.2) is 0 Å². The zero-order valence-corrected chi connectivity index (χ0v) is 20.7. The van der Waals surface area contributed by atoms with Gasteiger partial charge in [-0.15, -0.1) is 0 Å². The first-order chi connectivity index (χ1) is 18.4. The molecule has 0 aliphatic heterocycles. The molecule has 8 nitrogen and oxygen atoms in total. The van der Waals surface area contributed by atoms with Gasteiger partial charge in [-0.05, 0) is 49.4 Å². The van der Waals surface area contributed by atoms with E-state index in [4.69, 9.17) is 20.8 Å². The van der Waals surface area contributed by atoms with E-state index < -0.39 is 17.3 Å². The molecule has 38 heavy (non-hydrogen) atoms. The summed E-state index contributed by atoms with van der Waals surface area (Å²) in [6.07, 6.45) is 2.77. The Hall–Kier alpha value is -4.63. The number of fused-ring (bicyclic) bond motifs is 4. The number of pyridine rings is 2. The number of benzene rings is 2. The van der Waals surface area contributed by atoms with Crippen molar-refractivity contribution >= 4 is 50.3 Å². The van der Waals surface area contributed by atoms with E-state index in [1.807, 2.05) is 19.1 Å². The summed E-state index contributed by atoms with van der Waals surface area (Å²) in [6.45, 7) is 2.33. The van der Waals surface area contributed by atoms with Crippen LogP contribution in [0.1, 0.15) is 23.0 Å². The van der Waals surface area contributed by atoms with Crippen LogP contribution in [0.2, 0.25) is 5.15 Å². The number of hydrogen-bond acceptors (Lipinski definition) is 5. The minimum absolute atomic E-state index is 0.0521. The van der Waals surface area contributed by atoms with Crippen LogP contribution < -0.4 is 10.3 Å². The Morgan fingerprint density at radius 2 is 2.08 bits per heavy atom. The van der Waals surface area contributed by atoms with Gasteiger partial charge in [-0.2, -0.15) is 0 Å². The first-order valence-electron chi connectivity index (χ1n) is 11.7. The van der Waals surface area contributed by atoms with Gasteiger partial charge in [0.1, 0.15) is 28.0 Å². The molecular weight excluding hydrogens is 513 g/mol. The number of rotatable bonds is 6. The van der Waals surface area contributed by atoms with Crippen molar-refractivity contribution in [1.82, 2.24) is 14.5 Å². The molecule has 190 valence electrons. The fraction of sp³-hybridized carbons (Fsp3) is 0.107. The van der Waals surface area contributed by atoms with Crippen LogP contribution in [0.15, 0.2) is 70.2 Å². The minimum Gasteiger partial charge on any atom is -0.494 e. The lowest BCUT2D eigenvalue weighted by Crippen LogP contribution is -2.14. The van der Waals surface area contributed by atoms with E-state index in [1.165, 1.54) is 35.2 Å². The molecule has 10 heteroatoms. The molecule has 0 aliphatic rings. The predicted molar refractivity (Wildman–Crippen MR) is 142 cm³/mol. The predicted octanol–water partition coefficient (Wildman–Crippen LogP) is 6.23. The Kier molecular flexibility index (Phi) is 5.65. The summed E-state index contributed by atoms with van der Waals surface area (Å²) in [7, 11) is 0. The highest BCUT2D eigenvalue weighted by Gasteiger charge is 2.29. The lowest BCUT2D eigenvalue weighted by molar-refractivity contribution is 0.0687. The zero-order chi connectivity index (χ0) is 26.6. The van der Waals surface area contributed by atoms with Gasteiger partial charge in [0.05, 0.1) is 46.8 Å². The lowest BCUT2D eigenvalue weighted by Gasteiger charge is -2.12. The molecule has 0 spiro atoms. The number of carboxylic acids is 1. The van der Waals surface area contributed by atoms with Gasteiger partial charge >= 0.3 is 5.97 Å². The Balaban J connectivity index is 1.65. The van der Waals surface area contributed by atoms with Gasteiger partial charge in [-0.3, -0.25) is 4.79 Å². The van der Waals surface area contributed by atoms with Crippen LogP contribution in [-0.2, 0) is 6.54 Å². The molecule has 6 aromatic rings. The van der Waals surface area contributed by atoms with E-state index in [1.54, 1.807) is 18.2 Å². The van der Waals surface area contributed by atoms with E-state index in [0.717, 1.165) is 5.39 Å². The van der Waals surface area contributed by atoms with Crippen LogP contribution in [0.25, 0.3) is 43.9 Å². The Morgan fingerprint density at radius 3 is 2.84 bits per heavy atom. The first-order valence-corrected chi connectivity index (χ1v) is 12.1. The highest BCUT2D eigenvalue weighted by atomic mass is 35.5. The van der Waals surface area contributed by atoms with Crippen molar-refractivity contribution in [3.8, 4) is 16.9 Å². The maximum atomic E-state index is 15.1. The van der Waals surface area contributed by atoms with Crippen LogP contribution in [0.5, 0.6) is 5.75 Å². The van der Waals surface area contributed by atoms with Gasteiger partial charge in [0.25, 0.3) is 5.56 Å². The fourth-order valence-electron chi connectivity index (χ4n) is 4.88. The van der Waals surface area contributed by atoms with E-state index in [-0.39, 0.29) is 45.0 Å². The molecule has 0 radical (unpaired) electrons. The largest absolute Gasteiger partial charge is 0.494 e. The number of ether oxygens (including phenoxy) is 1. The van der Waals surface area contributed by atoms with Gasteiger partial charge < -0.3 is 23.8 Å². The maximum Gasteiger partial charge on any atom is 0.353 e. The quantitative estimate of drug-likeness (QED) is 0.247. The monoisotopic (exact) mass is 531 g/mol. The third kappa shape index (κ3) is 3.71. The summed E-state index contributed by atoms with van der Waals surface area (Å²) in [5, 5.41) is 11.8. The van der Waals surface area contributed by atoms with E-state index >= 15 is 4.39 Å². The van der Waals surface area contributed by atoms with Crippen LogP contribution >= 0.6 is 11.6 Å². The number of nitrogens with one attached hydrogen (secondary N) is 1. The van der Waals surface area contributed by atoms with E-state index in [2.05, 4.69) is 9.97 Å². The normalized spacial score (nSPS) is 11.6. The number of carbonyl (C=O) groups is 1. The number of hydrogen-bond donors (Lipinski definition) is 2. The summed E-state index contributed by atoms with van der Waals surface area (Å²) in [4.78, 5) is 32.6. The van der Waals surface area contributed by atoms with Crippen molar-refractivity contribution in [1.29, 1.82) is 0 Å². The molecule has 4 heterocycles. The second kappa shape index (κ2) is 9.04. The fourth-order valence-corrected chi connectivity index (χ4v) is 5.08. The number of H-pyrrole nitrogens is 1. The molecule has 0 saturated heterocycles. The van der Waals surface area contributed by atoms with E-state index in [9.17, 15) is 14.7 Å². The van der Waals surface area contributed by atoms with Crippen LogP contribution in [0.3, 0.4) is 0 Å². The SMILES string of the molecule is CCOc1ccc2cc(Cn3c(C(=O)O)c(-c4ccc[nH]c4=O)c4c5occc5c(F)cc43)c(Cl)nc2c1. The van der Waals surface area contributed by atoms with Gasteiger partial charge in [-0.1, -0.05) is 11.6 Å². The lowest BCUT2D eigenvalue weighted by atomic mass is 10.0. The number of aromatic amines is 1. The number of carboxylic acid groups (broad SMARTS) is 1. The molecule has 0 bridgehead atoms. The van der Waals surface area contributed by atoms with Gasteiger partial charge in [0, 0.05) is 28.8 Å². The highest BCUT2D eigenvalue weighted by Crippen LogP contribution is 2.40. The van der Waals surface area contributed by atoms with Crippen LogP contribution in [0, 0.1) is 5.82 Å². The van der Waals surface area contributed by atoms with Crippen molar-refractivity contribution in [3.63, 3.8) is 0 Å². The molecule has 2 N–H and O–H groups in total. The molecular formula is C28H19ClFN3O5. The summed E-state index contributed by atoms with van der Waals surface area (Å²) in [6, 6.07) is 13.0. The topological polar surface area (TPSA) is 110 Å². The number of aromatic carboxylic acids is 1. The van der Waals surface area contributed by atoms with Crippen LogP contribution in [0.4, 0.5) is 4.39 Å². The molecule has 6 rings (SSSR count). The Labute approximate surface area is 218 Å². The second-order valence-electron chi connectivity index (χ2n) is 8.67. The average Bonchev–Trinajstić information content (AvgIpc) is 3.49. The Morgan fingerprint density at radius 1 is 1.24 bits per heavy atom. The van der Waals surface area contributed by atoms with Crippen molar-refractivity contribution in [2.24, 2.45) is 0 Å². The zero-order valence-electron chi connectivity index (χ0n) is 19.9. The highest BCUT2D eigenvalue weighted by molar-refractivity contribution is 6.30. The smallest absolute Gasteiger partial charge is 0.353 e. The van der Waals surface area contributed by atoms with Gasteiger partial charge in [-0.25, -0.2) is 14.2 Å². The number of halogens is 2. The summed E-state index contributed by atoms with van der Waals surface area (Å²) in [5.74, 6) is -1.24. The maximum absolute atomic E-state index is 15.1. The minimum atomic E-state index is -1.30. The third-order valence-electron chi connectivity index (χ3n) is 6.46. The molecule has 4 aromatic heterocycles. The Bertz CT molecular complexity index is 1960. The molecule has 2 aromatic carbocycles. The number of nitrogens with zero attached hydrogens (tertiary/aromatic N) is 2. The summed E-state index contributed by atoms with van der Waals surface area (Å²) >= 11 is 6.56. The second-order valence-corrected chi connectivity index (χ2v) is 9.03. The van der Waals surface area contributed by atoms with Crippen molar-refractivity contribution in [2.75, 3.05) is 6.61 Å². The number of furan rings is 1. The summed E-state index contributed by atoms with van der Waals surface area (Å²) < 4.78 is 27.7. The molecule has 0 saturated carbocycles. The molecule has 0 fully saturated rings. The standard InChI is InChI=1S/C28H19ClFN3O5/c1-2-37-16-6-5-14-10-15(26(29)32-20(14)11-16)13-33-21-12-19(30)17-7-9-38-25(17)23(21)22(24(33)28(35)36)18-4-3-8-31-27(18)34/h3-12H,2,13H2,1H3,(H,31,34)(H,35,36). The molecule has 0 atom stereocenters. The average molecular weight is 532 g/mol. The third-order valence-corrected chi connectivity index (χ3v) is 6.79. The van der Waals surface area contributed by atoms with E-state index in [0.29, 0.717) is 28.8 Å². The first kappa shape index (κ1) is 23.7. The molecule has 0 aliphatic carbocycles.